The number of nitrogens with zero attached hydrogens (tertiary/aromatic N) is 2. The summed E-state index contributed by atoms with van der Waals surface area (Å²) in [6.45, 7) is 4.08. The van der Waals surface area contributed by atoms with Gasteiger partial charge in [-0.05, 0) is 19.4 Å². The molecule has 0 saturated heterocycles. The normalized spacial score (nSPS) is 11.5. The van der Waals surface area contributed by atoms with Crippen LogP contribution in [-0.4, -0.2) is 28.8 Å². The van der Waals surface area contributed by atoms with Crippen molar-refractivity contribution >= 4 is 18.3 Å². The highest BCUT2D eigenvalue weighted by Crippen LogP contribution is 2.21. The summed E-state index contributed by atoms with van der Waals surface area (Å²) in [5.74, 6) is 0.457. The predicted octanol–water partition coefficient (Wildman–Crippen LogP) is 1.65. The average molecular weight is 339 g/mol. The molecule has 2 rings (SSSR count). The molecule has 2 aromatic rings. The quantitative estimate of drug-likeness (QED) is 0.839. The Morgan fingerprint density at radius 1 is 1.35 bits per heavy atom. The number of hydrogen-bond acceptors (Lipinski definition) is 4. The van der Waals surface area contributed by atoms with Crippen molar-refractivity contribution in [1.29, 1.82) is 0 Å². The van der Waals surface area contributed by atoms with E-state index in [1.807, 2.05) is 51.2 Å². The van der Waals surface area contributed by atoms with Crippen LogP contribution in [0, 0.1) is 13.8 Å². The maximum absolute atomic E-state index is 11.9. The Kier molecular flexibility index (Phi) is 7.06. The van der Waals surface area contributed by atoms with E-state index in [0.29, 0.717) is 12.3 Å². The number of amides is 1. The summed E-state index contributed by atoms with van der Waals surface area (Å²) in [5.41, 5.74) is 8.69. The maximum atomic E-state index is 11.9. The highest BCUT2D eigenvalue weighted by atomic mass is 35.5. The van der Waals surface area contributed by atoms with Crippen molar-refractivity contribution in [3.05, 3.63) is 47.3 Å². The first kappa shape index (κ1) is 19.0. The fraction of sp³-hybridized carbons (Fsp3) is 0.375. The molecule has 0 spiro atoms. The van der Waals surface area contributed by atoms with Crippen LogP contribution in [0.1, 0.15) is 23.0 Å². The van der Waals surface area contributed by atoms with Gasteiger partial charge in [-0.2, -0.15) is 5.10 Å². The van der Waals surface area contributed by atoms with Gasteiger partial charge < -0.3 is 15.8 Å². The Labute approximate surface area is 142 Å². The Balaban J connectivity index is 0.00000264. The average Bonchev–Trinajstić information content (AvgIpc) is 2.76. The summed E-state index contributed by atoms with van der Waals surface area (Å²) in [5, 5.41) is 7.02. The van der Waals surface area contributed by atoms with Crippen molar-refractivity contribution in [2.45, 2.75) is 19.9 Å². The van der Waals surface area contributed by atoms with Gasteiger partial charge in [-0.15, -0.1) is 12.4 Å². The number of hydrogen-bond donors (Lipinski definition) is 2. The summed E-state index contributed by atoms with van der Waals surface area (Å²) < 4.78 is 7.28. The van der Waals surface area contributed by atoms with Gasteiger partial charge in [0.05, 0.1) is 5.69 Å². The lowest BCUT2D eigenvalue weighted by Gasteiger charge is -2.13. The molecule has 23 heavy (non-hydrogen) atoms. The van der Waals surface area contributed by atoms with Crippen molar-refractivity contribution in [3.63, 3.8) is 0 Å². The summed E-state index contributed by atoms with van der Waals surface area (Å²) in [7, 11) is 1.84. The van der Waals surface area contributed by atoms with Crippen LogP contribution in [0.5, 0.6) is 5.75 Å². The molecule has 0 aliphatic carbocycles. The minimum absolute atomic E-state index is 0. The first-order valence-corrected chi connectivity index (χ1v) is 7.19. The molecular weight excluding hydrogens is 316 g/mol. The number of aromatic nitrogens is 2. The largest absolute Gasteiger partial charge is 0.480 e. The van der Waals surface area contributed by atoms with Crippen LogP contribution < -0.4 is 15.8 Å². The maximum Gasteiger partial charge on any atom is 0.258 e. The van der Waals surface area contributed by atoms with Crippen molar-refractivity contribution in [2.24, 2.45) is 12.8 Å². The van der Waals surface area contributed by atoms with E-state index in [4.69, 9.17) is 10.5 Å². The molecule has 1 unspecified atom stereocenters. The molecule has 0 bridgehead atoms. The van der Waals surface area contributed by atoms with E-state index < -0.39 is 0 Å². The molecule has 0 aliphatic heterocycles. The van der Waals surface area contributed by atoms with Gasteiger partial charge in [-0.25, -0.2) is 0 Å². The molecule has 126 valence electrons. The summed E-state index contributed by atoms with van der Waals surface area (Å²) >= 11 is 0. The Hall–Kier alpha value is -2.05. The SMILES string of the molecule is Cc1nn(C)c(C)c1OCC(=O)NCC(N)c1ccccc1.Cl. The van der Waals surface area contributed by atoms with E-state index in [2.05, 4.69) is 10.4 Å². The van der Waals surface area contributed by atoms with E-state index in [-0.39, 0.29) is 31.0 Å². The van der Waals surface area contributed by atoms with E-state index in [0.717, 1.165) is 17.0 Å². The number of nitrogens with one attached hydrogen (secondary N) is 1. The molecule has 0 saturated carbocycles. The monoisotopic (exact) mass is 338 g/mol. The first-order chi connectivity index (χ1) is 10.5. The third-order valence-electron chi connectivity index (χ3n) is 3.54. The van der Waals surface area contributed by atoms with Crippen molar-refractivity contribution in [1.82, 2.24) is 15.1 Å². The van der Waals surface area contributed by atoms with Gasteiger partial charge in [0.25, 0.3) is 5.91 Å². The number of ether oxygens (including phenoxy) is 1. The van der Waals surface area contributed by atoms with E-state index in [1.165, 1.54) is 0 Å². The first-order valence-electron chi connectivity index (χ1n) is 7.19. The zero-order valence-electron chi connectivity index (χ0n) is 13.6. The summed E-state index contributed by atoms with van der Waals surface area (Å²) in [4.78, 5) is 11.9. The minimum atomic E-state index is -0.230. The van der Waals surface area contributed by atoms with E-state index in [1.54, 1.807) is 4.68 Å². The molecule has 0 fully saturated rings. The number of rotatable bonds is 6. The van der Waals surface area contributed by atoms with Crippen molar-refractivity contribution in [3.8, 4) is 5.75 Å². The van der Waals surface area contributed by atoms with Crippen LogP contribution >= 0.6 is 12.4 Å². The third kappa shape index (κ3) is 4.97. The van der Waals surface area contributed by atoms with Gasteiger partial charge in [0.2, 0.25) is 0 Å². The molecule has 1 aromatic heterocycles. The van der Waals surface area contributed by atoms with Gasteiger partial charge in [0, 0.05) is 19.6 Å². The number of carbonyl (C=O) groups excluding carboxylic acids is 1. The molecule has 3 N–H and O–H groups in total. The zero-order chi connectivity index (χ0) is 16.1. The van der Waals surface area contributed by atoms with Crippen LogP contribution in [0.3, 0.4) is 0 Å². The molecule has 6 nitrogen and oxygen atoms in total. The highest BCUT2D eigenvalue weighted by molar-refractivity contribution is 5.85. The van der Waals surface area contributed by atoms with Crippen LogP contribution in [0.4, 0.5) is 0 Å². The standard InChI is InChI=1S/C16H22N4O2.ClH/c1-11-16(12(2)20(3)19-11)22-10-15(21)18-9-14(17)13-7-5-4-6-8-13;/h4-8,14H,9-10,17H2,1-3H3,(H,18,21);1H. The van der Waals surface area contributed by atoms with Crippen LogP contribution in [0.15, 0.2) is 30.3 Å². The van der Waals surface area contributed by atoms with Crippen molar-refractivity contribution in [2.75, 3.05) is 13.2 Å². The number of benzene rings is 1. The Morgan fingerprint density at radius 3 is 2.57 bits per heavy atom. The van der Waals surface area contributed by atoms with E-state index >= 15 is 0 Å². The van der Waals surface area contributed by atoms with Gasteiger partial charge in [0.1, 0.15) is 5.69 Å². The second-order valence-corrected chi connectivity index (χ2v) is 5.23. The second-order valence-electron chi connectivity index (χ2n) is 5.23. The molecule has 1 atom stereocenters. The molecule has 1 heterocycles. The van der Waals surface area contributed by atoms with Crippen LogP contribution in [0.25, 0.3) is 0 Å². The molecule has 0 aliphatic rings. The highest BCUT2D eigenvalue weighted by Gasteiger charge is 2.13. The van der Waals surface area contributed by atoms with E-state index in [9.17, 15) is 4.79 Å². The smallest absolute Gasteiger partial charge is 0.258 e. The molecule has 0 radical (unpaired) electrons. The minimum Gasteiger partial charge on any atom is -0.480 e. The number of nitrogens with two attached hydrogens (primary N) is 1. The lowest BCUT2D eigenvalue weighted by molar-refractivity contribution is -0.123. The number of aryl methyl sites for hydroxylation is 2. The fourth-order valence-electron chi connectivity index (χ4n) is 2.19. The zero-order valence-corrected chi connectivity index (χ0v) is 14.4. The second kappa shape index (κ2) is 8.55. The summed E-state index contributed by atoms with van der Waals surface area (Å²) in [6, 6.07) is 9.43. The number of halogens is 1. The lowest BCUT2D eigenvalue weighted by atomic mass is 10.1. The number of carbonyl (C=O) groups is 1. The fourth-order valence-corrected chi connectivity index (χ4v) is 2.19. The topological polar surface area (TPSA) is 82.2 Å². The third-order valence-corrected chi connectivity index (χ3v) is 3.54. The lowest BCUT2D eigenvalue weighted by Crippen LogP contribution is -2.35. The molecule has 7 heteroatoms. The summed E-state index contributed by atoms with van der Waals surface area (Å²) in [6.07, 6.45) is 0. The molecular formula is C16H23ClN4O2. The van der Waals surface area contributed by atoms with Gasteiger partial charge >= 0.3 is 0 Å². The molecule has 1 amide bonds. The molecule has 1 aromatic carbocycles. The van der Waals surface area contributed by atoms with Crippen molar-refractivity contribution < 1.29 is 9.53 Å². The Bertz CT molecular complexity index is 643. The van der Waals surface area contributed by atoms with Crippen LogP contribution in [0.2, 0.25) is 0 Å². The van der Waals surface area contributed by atoms with Gasteiger partial charge in [-0.3, -0.25) is 9.48 Å². The van der Waals surface area contributed by atoms with Gasteiger partial charge in [0.15, 0.2) is 12.4 Å². The van der Waals surface area contributed by atoms with Gasteiger partial charge in [-0.1, -0.05) is 30.3 Å². The Morgan fingerprint density at radius 2 is 2.00 bits per heavy atom. The predicted molar refractivity (Wildman–Crippen MR) is 91.8 cm³/mol. The van der Waals surface area contributed by atoms with Crippen LogP contribution in [-0.2, 0) is 11.8 Å².